The first kappa shape index (κ1) is 20.9. The standard InChI is InChI=1S/C22H33N7/c1-6-23-22(26-16(2)14-19-17(3)27-28(5)18(19)4)24-12-9-13-29-15-25-20-10-7-8-11-21(20)29/h7-8,10-11,15-16H,6,9,12-14H2,1-5H3,(H2,23,24,26). The second-order valence-electron chi connectivity index (χ2n) is 7.56. The van der Waals surface area contributed by atoms with E-state index in [-0.39, 0.29) is 6.04 Å². The van der Waals surface area contributed by atoms with Crippen molar-refractivity contribution in [3.8, 4) is 0 Å². The molecule has 2 N–H and O–H groups in total. The first-order valence-electron chi connectivity index (χ1n) is 10.4. The summed E-state index contributed by atoms with van der Waals surface area (Å²) in [5, 5.41) is 11.4. The largest absolute Gasteiger partial charge is 0.357 e. The quantitative estimate of drug-likeness (QED) is 0.349. The lowest BCUT2D eigenvalue weighted by molar-refractivity contribution is 0.627. The average molecular weight is 396 g/mol. The van der Waals surface area contributed by atoms with Gasteiger partial charge in [-0.2, -0.15) is 5.10 Å². The van der Waals surface area contributed by atoms with Crippen LogP contribution in [0.2, 0.25) is 0 Å². The Kier molecular flexibility index (Phi) is 6.90. The van der Waals surface area contributed by atoms with Crippen LogP contribution in [0.4, 0.5) is 0 Å². The van der Waals surface area contributed by atoms with Crippen LogP contribution in [-0.2, 0) is 20.0 Å². The van der Waals surface area contributed by atoms with Gasteiger partial charge < -0.3 is 15.2 Å². The normalized spacial score (nSPS) is 13.1. The third kappa shape index (κ3) is 5.16. The van der Waals surface area contributed by atoms with Gasteiger partial charge in [-0.05, 0) is 58.2 Å². The molecule has 0 amide bonds. The van der Waals surface area contributed by atoms with E-state index in [2.05, 4.69) is 65.1 Å². The van der Waals surface area contributed by atoms with Gasteiger partial charge >= 0.3 is 0 Å². The second-order valence-corrected chi connectivity index (χ2v) is 7.56. The van der Waals surface area contributed by atoms with Crippen molar-refractivity contribution in [2.24, 2.45) is 12.0 Å². The van der Waals surface area contributed by atoms with Crippen molar-refractivity contribution in [3.05, 3.63) is 47.5 Å². The first-order valence-corrected chi connectivity index (χ1v) is 10.4. The molecule has 1 atom stereocenters. The Balaban J connectivity index is 1.55. The highest BCUT2D eigenvalue weighted by Gasteiger charge is 2.14. The molecule has 29 heavy (non-hydrogen) atoms. The zero-order valence-corrected chi connectivity index (χ0v) is 18.2. The molecule has 0 aliphatic heterocycles. The molecule has 156 valence electrons. The molecule has 7 heteroatoms. The van der Waals surface area contributed by atoms with Crippen molar-refractivity contribution in [1.82, 2.24) is 30.0 Å². The fourth-order valence-corrected chi connectivity index (χ4v) is 3.64. The fraction of sp³-hybridized carbons (Fsp3) is 0.500. The summed E-state index contributed by atoms with van der Waals surface area (Å²) in [6, 6.07) is 8.50. The van der Waals surface area contributed by atoms with Gasteiger partial charge in [-0.1, -0.05) is 12.1 Å². The minimum atomic E-state index is 0.270. The topological polar surface area (TPSA) is 72.1 Å². The molecule has 1 unspecified atom stereocenters. The van der Waals surface area contributed by atoms with Gasteiger partial charge in [0.25, 0.3) is 0 Å². The van der Waals surface area contributed by atoms with Gasteiger partial charge in [-0.25, -0.2) is 4.98 Å². The smallest absolute Gasteiger partial charge is 0.191 e. The zero-order valence-electron chi connectivity index (χ0n) is 18.2. The number of para-hydroxylation sites is 2. The van der Waals surface area contributed by atoms with Gasteiger partial charge in [-0.3, -0.25) is 9.67 Å². The van der Waals surface area contributed by atoms with Crippen LogP contribution in [0.25, 0.3) is 11.0 Å². The highest BCUT2D eigenvalue weighted by molar-refractivity contribution is 5.80. The van der Waals surface area contributed by atoms with Gasteiger partial charge in [0.1, 0.15) is 0 Å². The van der Waals surface area contributed by atoms with Gasteiger partial charge in [0.05, 0.1) is 23.1 Å². The lowest BCUT2D eigenvalue weighted by Gasteiger charge is -2.18. The number of hydrogen-bond donors (Lipinski definition) is 2. The van der Waals surface area contributed by atoms with Crippen molar-refractivity contribution in [2.45, 2.75) is 53.1 Å². The number of aryl methyl sites for hydroxylation is 3. The summed E-state index contributed by atoms with van der Waals surface area (Å²) in [5.74, 6) is 0.870. The summed E-state index contributed by atoms with van der Waals surface area (Å²) in [4.78, 5) is 9.22. The maximum atomic E-state index is 4.76. The van der Waals surface area contributed by atoms with Crippen LogP contribution in [0.3, 0.4) is 0 Å². The molecule has 1 aromatic carbocycles. The minimum absolute atomic E-state index is 0.270. The predicted molar refractivity (Wildman–Crippen MR) is 119 cm³/mol. The number of imidazole rings is 1. The van der Waals surface area contributed by atoms with E-state index in [1.165, 1.54) is 16.8 Å². The van der Waals surface area contributed by atoms with Gasteiger partial charge in [0, 0.05) is 38.4 Å². The molecule has 0 saturated heterocycles. The van der Waals surface area contributed by atoms with Crippen molar-refractivity contribution >= 4 is 17.0 Å². The average Bonchev–Trinajstić information content (AvgIpc) is 3.21. The Bertz CT molecular complexity index is 967. The van der Waals surface area contributed by atoms with Crippen molar-refractivity contribution in [1.29, 1.82) is 0 Å². The van der Waals surface area contributed by atoms with E-state index in [4.69, 9.17) is 4.99 Å². The lowest BCUT2D eigenvalue weighted by Crippen LogP contribution is -2.43. The van der Waals surface area contributed by atoms with Crippen molar-refractivity contribution < 1.29 is 0 Å². The molecule has 3 rings (SSSR count). The van der Waals surface area contributed by atoms with Crippen LogP contribution >= 0.6 is 0 Å². The number of nitrogens with zero attached hydrogens (tertiary/aromatic N) is 5. The van der Waals surface area contributed by atoms with E-state index in [0.29, 0.717) is 0 Å². The second kappa shape index (κ2) is 9.58. The summed E-state index contributed by atoms with van der Waals surface area (Å²) in [6.07, 6.45) is 3.81. The van der Waals surface area contributed by atoms with Crippen LogP contribution in [0.15, 0.2) is 35.6 Å². The third-order valence-electron chi connectivity index (χ3n) is 5.25. The highest BCUT2D eigenvalue weighted by atomic mass is 15.3. The number of nitrogens with one attached hydrogen (secondary N) is 2. The SMILES string of the molecule is CCNC(=NCCCn1cnc2ccccc21)NC(C)Cc1c(C)nn(C)c1C. The lowest BCUT2D eigenvalue weighted by atomic mass is 10.1. The molecule has 0 saturated carbocycles. The molecule has 7 nitrogen and oxygen atoms in total. The molecule has 0 fully saturated rings. The summed E-state index contributed by atoms with van der Waals surface area (Å²) in [5.41, 5.74) is 5.87. The Morgan fingerprint density at radius 3 is 2.76 bits per heavy atom. The Morgan fingerprint density at radius 2 is 2.03 bits per heavy atom. The Morgan fingerprint density at radius 1 is 1.24 bits per heavy atom. The van der Waals surface area contributed by atoms with E-state index in [0.717, 1.165) is 49.6 Å². The monoisotopic (exact) mass is 395 g/mol. The van der Waals surface area contributed by atoms with Crippen LogP contribution in [0.5, 0.6) is 0 Å². The molecule has 2 heterocycles. The maximum absolute atomic E-state index is 4.76. The molecule has 0 aliphatic rings. The van der Waals surface area contributed by atoms with Crippen molar-refractivity contribution in [3.63, 3.8) is 0 Å². The van der Waals surface area contributed by atoms with Gasteiger partial charge in [0.2, 0.25) is 0 Å². The van der Waals surface area contributed by atoms with Gasteiger partial charge in [-0.15, -0.1) is 0 Å². The summed E-state index contributed by atoms with van der Waals surface area (Å²) in [7, 11) is 2.00. The highest BCUT2D eigenvalue weighted by Crippen LogP contribution is 2.14. The summed E-state index contributed by atoms with van der Waals surface area (Å²) in [6.45, 7) is 11.0. The molecule has 0 aliphatic carbocycles. The molecule has 3 aromatic rings. The molecule has 0 spiro atoms. The van der Waals surface area contributed by atoms with Crippen LogP contribution in [-0.4, -0.2) is 44.4 Å². The maximum Gasteiger partial charge on any atom is 0.191 e. The van der Waals surface area contributed by atoms with E-state index in [1.807, 2.05) is 30.2 Å². The summed E-state index contributed by atoms with van der Waals surface area (Å²) < 4.78 is 4.15. The number of aliphatic imine (C=N–C) groups is 1. The number of guanidine groups is 1. The predicted octanol–water partition coefficient (Wildman–Crippen LogP) is 2.96. The van der Waals surface area contributed by atoms with Crippen LogP contribution < -0.4 is 10.6 Å². The number of aromatic nitrogens is 4. The first-order chi connectivity index (χ1) is 14.0. The van der Waals surface area contributed by atoms with E-state index in [9.17, 15) is 0 Å². The molecule has 0 radical (unpaired) electrons. The third-order valence-corrected chi connectivity index (χ3v) is 5.25. The Labute approximate surface area is 173 Å². The molecular weight excluding hydrogens is 362 g/mol. The van der Waals surface area contributed by atoms with Crippen molar-refractivity contribution in [2.75, 3.05) is 13.1 Å². The number of rotatable bonds is 8. The van der Waals surface area contributed by atoms with Gasteiger partial charge in [0.15, 0.2) is 5.96 Å². The minimum Gasteiger partial charge on any atom is -0.357 e. The van der Waals surface area contributed by atoms with E-state index >= 15 is 0 Å². The van der Waals surface area contributed by atoms with Crippen LogP contribution in [0.1, 0.15) is 37.2 Å². The molecular formula is C22H33N7. The van der Waals surface area contributed by atoms with E-state index < -0.39 is 0 Å². The molecule has 0 bridgehead atoms. The number of fused-ring (bicyclic) bond motifs is 1. The van der Waals surface area contributed by atoms with E-state index in [1.54, 1.807) is 0 Å². The molecule has 2 aromatic heterocycles. The van der Waals surface area contributed by atoms with Crippen LogP contribution in [0, 0.1) is 13.8 Å². The number of benzene rings is 1. The number of hydrogen-bond acceptors (Lipinski definition) is 3. The Hall–Kier alpha value is -2.83. The summed E-state index contributed by atoms with van der Waals surface area (Å²) >= 11 is 0. The fourth-order valence-electron chi connectivity index (χ4n) is 3.64. The zero-order chi connectivity index (χ0) is 20.8.